The number of aromatic nitrogens is 4. The van der Waals surface area contributed by atoms with Crippen LogP contribution in [0.1, 0.15) is 44.3 Å². The van der Waals surface area contributed by atoms with Crippen molar-refractivity contribution in [2.24, 2.45) is 31.3 Å². The third kappa shape index (κ3) is 8.41. The molecule has 0 spiro atoms. The maximum Gasteiger partial charge on any atom is 0.302 e. The summed E-state index contributed by atoms with van der Waals surface area (Å²) in [7, 11) is 2.15. The maximum absolute atomic E-state index is 10.8. The van der Waals surface area contributed by atoms with Crippen LogP contribution in [-0.2, 0) is 37.8 Å². The number of fused-ring (bicyclic) bond motifs is 5. The highest BCUT2D eigenvalue weighted by Gasteiger charge is 2.28. The zero-order valence-electron chi connectivity index (χ0n) is 35.1. The smallest absolute Gasteiger partial charge is 0.302 e. The monoisotopic (exact) mass is 832 g/mol. The molecule has 0 fully saturated rings. The van der Waals surface area contributed by atoms with Gasteiger partial charge in [-0.3, -0.25) is 4.55 Å². The fourth-order valence-corrected chi connectivity index (χ4v) is 8.92. The van der Waals surface area contributed by atoms with E-state index in [1.54, 1.807) is 12.1 Å². The Bertz CT molecular complexity index is 2940. The molecule has 0 bridgehead atoms. The molecule has 8 aromatic rings. The van der Waals surface area contributed by atoms with Crippen LogP contribution in [0.2, 0.25) is 0 Å². The average Bonchev–Trinajstić information content (AvgIpc) is 3.69. The van der Waals surface area contributed by atoms with Crippen molar-refractivity contribution in [3.8, 4) is 0 Å². The van der Waals surface area contributed by atoms with Crippen LogP contribution < -0.4 is 18.9 Å². The molecule has 0 saturated heterocycles. The van der Waals surface area contributed by atoms with E-state index in [9.17, 15) is 8.42 Å². The normalized spacial score (nSPS) is 12.7. The zero-order chi connectivity index (χ0) is 42.5. The second-order valence-corrected chi connectivity index (χ2v) is 16.8. The Kier molecular flexibility index (Phi) is 12.1. The highest BCUT2D eigenvalue weighted by molar-refractivity contribution is 7.85. The van der Waals surface area contributed by atoms with Gasteiger partial charge >= 0.3 is 11.6 Å². The molecule has 3 heterocycles. The highest BCUT2D eigenvalue weighted by Crippen LogP contribution is 2.47. The fourth-order valence-electron chi connectivity index (χ4n) is 8.41. The number of hydrogen-bond donors (Lipinski definition) is 1. The van der Waals surface area contributed by atoms with Crippen LogP contribution in [0.15, 0.2) is 155 Å². The Labute approximate surface area is 357 Å². The van der Waals surface area contributed by atoms with Crippen LogP contribution in [0.5, 0.6) is 0 Å². The molecule has 0 saturated carbocycles. The van der Waals surface area contributed by atoms with E-state index < -0.39 is 10.1 Å². The molecule has 11 nitrogen and oxygen atoms in total. The summed E-state index contributed by atoms with van der Waals surface area (Å²) in [4.78, 5) is 4.95. The number of imidazole rings is 2. The molecule has 1 aliphatic rings. The van der Waals surface area contributed by atoms with Gasteiger partial charge in [0.15, 0.2) is 22.1 Å². The third-order valence-electron chi connectivity index (χ3n) is 11.6. The Morgan fingerprint density at radius 3 is 1.64 bits per heavy atom. The van der Waals surface area contributed by atoms with Gasteiger partial charge < -0.3 is 9.80 Å². The minimum absolute atomic E-state index is 0.0730. The number of hydrogen-bond acceptors (Lipinski definition) is 6. The number of nitrogens with zero attached hydrogens (tertiary/aromatic N) is 8. The molecule has 1 N–H and O–H groups in total. The summed E-state index contributed by atoms with van der Waals surface area (Å²) in [5.41, 5.74) is 9.92. The van der Waals surface area contributed by atoms with Gasteiger partial charge in [-0.05, 0) is 90.7 Å². The molecule has 0 aliphatic carbocycles. The molecule has 12 heteroatoms. The number of rotatable bonds is 12. The van der Waals surface area contributed by atoms with Crippen LogP contribution in [0, 0.1) is 0 Å². The summed E-state index contributed by atoms with van der Waals surface area (Å²) in [6, 6.07) is 46.6. The molecule has 0 amide bonds. The first kappa shape index (κ1) is 41.1. The second kappa shape index (κ2) is 17.9. The van der Waals surface area contributed by atoms with E-state index in [4.69, 9.17) is 4.55 Å². The number of benzene rings is 6. The van der Waals surface area contributed by atoms with Crippen molar-refractivity contribution in [3.05, 3.63) is 151 Å². The van der Waals surface area contributed by atoms with Crippen molar-refractivity contribution in [3.63, 3.8) is 0 Å². The lowest BCUT2D eigenvalue weighted by atomic mass is 10.1. The molecule has 0 unspecified atom stereocenters. The molecule has 61 heavy (non-hydrogen) atoms. The van der Waals surface area contributed by atoms with Gasteiger partial charge in [-0.2, -0.15) is 18.6 Å². The first-order valence-electron chi connectivity index (χ1n) is 20.8. The third-order valence-corrected chi connectivity index (χ3v) is 12.4. The Morgan fingerprint density at radius 2 is 1.05 bits per heavy atom. The molecule has 9 rings (SSSR count). The molecule has 1 aliphatic heterocycles. The first-order valence-corrected chi connectivity index (χ1v) is 22.3. The van der Waals surface area contributed by atoms with Crippen molar-refractivity contribution in [1.82, 2.24) is 9.13 Å². The molecular formula is C49H52N8O3S+2. The molecule has 310 valence electrons. The quantitative estimate of drug-likeness (QED) is 0.0435. The molecule has 6 aromatic carbocycles. The molecule has 0 atom stereocenters. The maximum atomic E-state index is 10.8. The Balaban J connectivity index is 0.000000310. The molecule has 0 radical (unpaired) electrons. The van der Waals surface area contributed by atoms with Crippen LogP contribution in [0.3, 0.4) is 0 Å². The van der Waals surface area contributed by atoms with E-state index in [1.807, 2.05) is 30.6 Å². The second-order valence-electron chi connectivity index (χ2n) is 15.3. The van der Waals surface area contributed by atoms with Crippen molar-refractivity contribution < 1.29 is 22.1 Å². The van der Waals surface area contributed by atoms with Crippen LogP contribution in [0.4, 0.5) is 22.7 Å². The summed E-state index contributed by atoms with van der Waals surface area (Å²) in [5.74, 6) is 2.02. The van der Waals surface area contributed by atoms with E-state index >= 15 is 0 Å². The van der Waals surface area contributed by atoms with E-state index in [-0.39, 0.29) is 4.90 Å². The summed E-state index contributed by atoms with van der Waals surface area (Å²) >= 11 is 0. The van der Waals surface area contributed by atoms with Crippen molar-refractivity contribution in [1.29, 1.82) is 0 Å². The SMILES string of the molecule is CCCCN1c2ccccc2N(CCCCn2c(/C=N/N=C/c3n(C)c4ccccc4[n+]3C)[n+](C)c3ccccc32)c2ccccc21.O=S(=O)(O)c1ccc2ccccc2c1. The van der Waals surface area contributed by atoms with Gasteiger partial charge in [0.2, 0.25) is 0 Å². The minimum atomic E-state index is -4.09. The standard InChI is InChI=1S/C39H44N8.C10H8O3S/c1-5-6-25-45-34-21-11-13-23-36(34)46(37-24-14-12-22-35(37)45)26-15-16-27-47-33-20-10-9-19-32(33)44(4)39(47)29-41-40-28-38-42(2)30-17-7-8-18-31(30)43(38)3;11-14(12,13)10-6-5-8-3-1-2-4-9(8)7-10/h7-14,17-24,28-29H,5-6,15-16,25-27H2,1-4H3;1-7H,(H,11,12,13)/q+2;. The lowest BCUT2D eigenvalue weighted by Gasteiger charge is -2.40. The molecular weight excluding hydrogens is 781 g/mol. The zero-order valence-corrected chi connectivity index (χ0v) is 35.9. The van der Waals surface area contributed by atoms with Crippen molar-refractivity contribution in [2.45, 2.75) is 44.0 Å². The van der Waals surface area contributed by atoms with E-state index in [1.165, 1.54) is 58.8 Å². The summed E-state index contributed by atoms with van der Waals surface area (Å²) in [6.45, 7) is 5.14. The van der Waals surface area contributed by atoms with Gasteiger partial charge in [0.1, 0.15) is 12.4 Å². The summed E-state index contributed by atoms with van der Waals surface area (Å²) < 4.78 is 39.4. The van der Waals surface area contributed by atoms with Crippen molar-refractivity contribution >= 4 is 78.1 Å². The minimum Gasteiger partial charge on any atom is -0.338 e. The topological polar surface area (TPSA) is 103 Å². The number of anilines is 4. The first-order chi connectivity index (χ1) is 29.7. The van der Waals surface area contributed by atoms with Gasteiger partial charge in [-0.1, -0.05) is 92.2 Å². The van der Waals surface area contributed by atoms with Crippen LogP contribution in [0.25, 0.3) is 32.8 Å². The lowest BCUT2D eigenvalue weighted by Crippen LogP contribution is -2.33. The van der Waals surface area contributed by atoms with Gasteiger partial charge in [0.05, 0.1) is 55.3 Å². The molecule has 2 aromatic heterocycles. The van der Waals surface area contributed by atoms with E-state index in [0.717, 1.165) is 65.9 Å². The lowest BCUT2D eigenvalue weighted by molar-refractivity contribution is -0.646. The summed E-state index contributed by atoms with van der Waals surface area (Å²) in [5, 5.41) is 10.8. The van der Waals surface area contributed by atoms with Gasteiger partial charge in [-0.25, -0.2) is 18.3 Å². The number of unbranched alkanes of at least 4 members (excludes halogenated alkanes) is 2. The van der Waals surface area contributed by atoms with Gasteiger partial charge in [0, 0.05) is 13.1 Å². The predicted molar refractivity (Wildman–Crippen MR) is 247 cm³/mol. The Morgan fingerprint density at radius 1 is 0.574 bits per heavy atom. The van der Waals surface area contributed by atoms with E-state index in [2.05, 4.69) is 163 Å². The van der Waals surface area contributed by atoms with Crippen molar-refractivity contribution in [2.75, 3.05) is 22.9 Å². The summed E-state index contributed by atoms with van der Waals surface area (Å²) in [6.07, 6.45) is 8.17. The predicted octanol–water partition coefficient (Wildman–Crippen LogP) is 9.19. The van der Waals surface area contributed by atoms with Crippen LogP contribution in [-0.4, -0.2) is 47.6 Å². The largest absolute Gasteiger partial charge is 0.338 e. The fraction of sp³-hybridized carbons (Fsp3) is 0.224. The number of aryl methyl sites for hydroxylation is 4. The van der Waals surface area contributed by atoms with E-state index in [0.29, 0.717) is 0 Å². The average molecular weight is 833 g/mol. The number of para-hydroxylation sites is 8. The highest BCUT2D eigenvalue weighted by atomic mass is 32.2. The van der Waals surface area contributed by atoms with Gasteiger partial charge in [-0.15, -0.1) is 0 Å². The Hall–Kier alpha value is -6.63. The van der Waals surface area contributed by atoms with Crippen LogP contribution >= 0.6 is 0 Å². The van der Waals surface area contributed by atoms with Gasteiger partial charge in [0.25, 0.3) is 10.1 Å².